The molecule has 7 amide bonds. The van der Waals surface area contributed by atoms with Gasteiger partial charge < -0.3 is 48.5 Å². The van der Waals surface area contributed by atoms with Gasteiger partial charge in [-0.05, 0) is 91.2 Å². The van der Waals surface area contributed by atoms with Gasteiger partial charge in [0.2, 0.25) is 0 Å². The molecule has 23 heteroatoms. The van der Waals surface area contributed by atoms with Crippen LogP contribution in [0, 0.1) is 0 Å². The second kappa shape index (κ2) is 26.4. The molecule has 0 saturated carbocycles. The number of rotatable bonds is 13. The smallest absolute Gasteiger partial charge is 0.410 e. The molecule has 0 aliphatic carbocycles. The highest BCUT2D eigenvalue weighted by molar-refractivity contribution is 5.88. The van der Waals surface area contributed by atoms with E-state index in [1.807, 2.05) is 102 Å². The number of piperidine rings is 2. The summed E-state index contributed by atoms with van der Waals surface area (Å²) in [5, 5.41) is 11.9. The summed E-state index contributed by atoms with van der Waals surface area (Å²) in [7, 11) is 0. The maximum absolute atomic E-state index is 12.9. The molecular formula is C50H74N8O15. The number of nitrogens with one attached hydrogen (secondary N) is 1. The lowest BCUT2D eigenvalue weighted by Gasteiger charge is -2.29. The average molecular weight is 1030 g/mol. The summed E-state index contributed by atoms with van der Waals surface area (Å²) in [6, 6.07) is 17.1. The van der Waals surface area contributed by atoms with Crippen molar-refractivity contribution in [1.82, 2.24) is 35.2 Å². The minimum atomic E-state index is -0.943. The Morgan fingerprint density at radius 1 is 0.644 bits per heavy atom. The lowest BCUT2D eigenvalue weighted by atomic mass is 10.0. The van der Waals surface area contributed by atoms with Crippen LogP contribution >= 0.6 is 0 Å². The van der Waals surface area contributed by atoms with Crippen LogP contribution in [0.3, 0.4) is 0 Å². The third-order valence-electron chi connectivity index (χ3n) is 12.4. The van der Waals surface area contributed by atoms with Crippen molar-refractivity contribution < 1.29 is 72.2 Å². The van der Waals surface area contributed by atoms with Crippen molar-refractivity contribution in [3.05, 3.63) is 71.8 Å². The van der Waals surface area contributed by atoms with Crippen LogP contribution in [0.25, 0.3) is 0 Å². The normalized spacial score (nSPS) is 24.1. The first-order chi connectivity index (χ1) is 34.8. The molecule has 6 aliphatic rings. The van der Waals surface area contributed by atoms with Gasteiger partial charge in [0.1, 0.15) is 55.3 Å². The number of carboxylic acid groups (broad SMARTS) is 1. The van der Waals surface area contributed by atoms with Crippen LogP contribution in [-0.2, 0) is 61.1 Å². The zero-order valence-electron chi connectivity index (χ0n) is 42.9. The highest BCUT2D eigenvalue weighted by Crippen LogP contribution is 2.32. The Bertz CT molecular complexity index is 2130. The standard InChI is InChI=1S/C25H36N4O7.C14H16N2O4.C11H22N2O4/c1-25(2,3)36-24(32)27-12-7-13-33-20(15-27)17-34-26-22(30)21-11-10-19-14-28(21)23(31)29(19)35-16-18-8-5-4-6-9-18;17-13(18)12-7-6-11-8-15(12)14(19)16(11)20-9-10-4-2-1-3-5-10;1-11(2,3)17-10(14)13-5-4-6-15-9(7-13)8-16-12/h4-6,8-9,19-21H,7,10-17H2,1-3H3,(H,26,30);1-5,11-12H,6-9H2,(H,17,18);9H,4-8,12H2,1-3H3/t19-,20?,21+;11-,12+;/m11./s1. The summed E-state index contributed by atoms with van der Waals surface area (Å²) in [5.74, 6) is 3.69. The summed E-state index contributed by atoms with van der Waals surface area (Å²) in [5.41, 5.74) is 3.35. The Morgan fingerprint density at radius 2 is 1.08 bits per heavy atom. The van der Waals surface area contributed by atoms with Crippen molar-refractivity contribution in [3.8, 4) is 0 Å². The van der Waals surface area contributed by atoms with Crippen LogP contribution in [0.2, 0.25) is 0 Å². The quantitative estimate of drug-likeness (QED) is 0.227. The topological polar surface area (TPSA) is 254 Å². The molecule has 0 spiro atoms. The summed E-state index contributed by atoms with van der Waals surface area (Å²) in [4.78, 5) is 101. The van der Waals surface area contributed by atoms with Gasteiger partial charge in [-0.3, -0.25) is 19.3 Å². The molecule has 2 aromatic rings. The largest absolute Gasteiger partial charge is 0.480 e. The van der Waals surface area contributed by atoms with Crippen LogP contribution < -0.4 is 11.4 Å². The predicted molar refractivity (Wildman–Crippen MR) is 260 cm³/mol. The van der Waals surface area contributed by atoms with Crippen LogP contribution in [0.15, 0.2) is 60.7 Å². The molecule has 73 heavy (non-hydrogen) atoms. The number of carbonyl (C=O) groups excluding carboxylic acids is 5. The van der Waals surface area contributed by atoms with E-state index in [9.17, 15) is 28.8 Å². The molecule has 6 saturated heterocycles. The number of urea groups is 2. The number of nitrogens with zero attached hydrogens (tertiary/aromatic N) is 6. The van der Waals surface area contributed by atoms with E-state index in [-0.39, 0.29) is 55.5 Å². The van der Waals surface area contributed by atoms with Crippen molar-refractivity contribution in [2.75, 3.05) is 65.7 Å². The van der Waals surface area contributed by atoms with Gasteiger partial charge in [-0.25, -0.2) is 35.3 Å². The van der Waals surface area contributed by atoms with E-state index in [2.05, 4.69) is 10.3 Å². The maximum atomic E-state index is 12.9. The molecule has 404 valence electrons. The Labute approximate surface area is 426 Å². The van der Waals surface area contributed by atoms with Crippen molar-refractivity contribution in [2.45, 2.75) is 141 Å². The number of hydroxylamine groups is 5. The first kappa shape index (κ1) is 56.5. The minimum Gasteiger partial charge on any atom is -0.480 e. The third-order valence-corrected chi connectivity index (χ3v) is 12.4. The SMILES string of the molecule is CC(C)(C)OC(=O)N1CCCOC(CON)C1.CC(C)(C)OC(=O)N1CCCOC(CONC(=O)[C@@H]2CC[C@@H]3CN2C(=O)N3OCc2ccccc2)C1.O=C(O)[C@@H]1CC[C@@H]2CN1C(=O)N2OCc1ccccc1. The molecule has 2 aromatic carbocycles. The zero-order valence-corrected chi connectivity index (χ0v) is 42.9. The molecule has 8 rings (SSSR count). The molecule has 6 atom stereocenters. The van der Waals surface area contributed by atoms with E-state index in [1.165, 1.54) is 19.9 Å². The number of ether oxygens (including phenoxy) is 4. The first-order valence-electron chi connectivity index (χ1n) is 25.0. The van der Waals surface area contributed by atoms with Gasteiger partial charge in [-0.15, -0.1) is 0 Å². The second-order valence-corrected chi connectivity index (χ2v) is 20.5. The van der Waals surface area contributed by atoms with Crippen LogP contribution in [0.4, 0.5) is 19.2 Å². The Morgan fingerprint density at radius 3 is 1.52 bits per heavy atom. The average Bonchev–Trinajstić information content (AvgIpc) is 3.53. The molecule has 6 aliphatic heterocycles. The lowest BCUT2D eigenvalue weighted by Crippen LogP contribution is -2.50. The molecule has 0 radical (unpaired) electrons. The number of fused-ring (bicyclic) bond motifs is 4. The zero-order chi connectivity index (χ0) is 52.7. The highest BCUT2D eigenvalue weighted by Gasteiger charge is 2.49. The monoisotopic (exact) mass is 1030 g/mol. The fourth-order valence-corrected chi connectivity index (χ4v) is 8.92. The van der Waals surface area contributed by atoms with E-state index in [4.69, 9.17) is 44.5 Å². The number of nitrogens with two attached hydrogens (primary N) is 1. The van der Waals surface area contributed by atoms with Crippen molar-refractivity contribution in [3.63, 3.8) is 0 Å². The van der Waals surface area contributed by atoms with Crippen LogP contribution in [0.1, 0.15) is 91.2 Å². The summed E-state index contributed by atoms with van der Waals surface area (Å²) < 4.78 is 22.1. The number of carboxylic acids is 1. The van der Waals surface area contributed by atoms with Crippen molar-refractivity contribution >= 4 is 36.1 Å². The van der Waals surface area contributed by atoms with E-state index in [0.29, 0.717) is 97.8 Å². The molecule has 2 unspecified atom stereocenters. The minimum absolute atomic E-state index is 0.0400. The fraction of sp³-hybridized carbons (Fsp3) is 0.640. The van der Waals surface area contributed by atoms with Gasteiger partial charge in [0, 0.05) is 39.4 Å². The summed E-state index contributed by atoms with van der Waals surface area (Å²) in [6.07, 6.45) is 2.49. The van der Waals surface area contributed by atoms with Gasteiger partial charge in [-0.1, -0.05) is 60.7 Å². The first-order valence-corrected chi connectivity index (χ1v) is 25.0. The molecular weight excluding hydrogens is 953 g/mol. The fourth-order valence-electron chi connectivity index (χ4n) is 8.92. The van der Waals surface area contributed by atoms with Gasteiger partial charge in [0.15, 0.2) is 0 Å². The second-order valence-electron chi connectivity index (χ2n) is 20.5. The van der Waals surface area contributed by atoms with E-state index in [1.54, 1.807) is 9.80 Å². The third kappa shape index (κ3) is 16.9. The lowest BCUT2D eigenvalue weighted by molar-refractivity contribution is -0.144. The molecule has 6 fully saturated rings. The number of benzene rings is 2. The molecule has 0 aromatic heterocycles. The molecule has 23 nitrogen and oxygen atoms in total. The van der Waals surface area contributed by atoms with Crippen molar-refractivity contribution in [1.29, 1.82) is 0 Å². The predicted octanol–water partition coefficient (Wildman–Crippen LogP) is 4.83. The number of hydrogen-bond donors (Lipinski definition) is 3. The Kier molecular flexibility index (Phi) is 20.4. The maximum Gasteiger partial charge on any atom is 0.410 e. The van der Waals surface area contributed by atoms with Gasteiger partial charge in [0.05, 0.1) is 31.8 Å². The Hall–Kier alpha value is -5.82. The molecule has 4 bridgehead atoms. The highest BCUT2D eigenvalue weighted by atomic mass is 16.7. The van der Waals surface area contributed by atoms with Gasteiger partial charge >= 0.3 is 30.2 Å². The van der Waals surface area contributed by atoms with Crippen LogP contribution in [-0.4, -0.2) is 184 Å². The molecule has 6 heterocycles. The number of hydrogen-bond acceptors (Lipinski definition) is 15. The molecule has 4 N–H and O–H groups in total. The van der Waals surface area contributed by atoms with Gasteiger partial charge in [0.25, 0.3) is 5.91 Å². The van der Waals surface area contributed by atoms with E-state index >= 15 is 0 Å². The van der Waals surface area contributed by atoms with Crippen LogP contribution in [0.5, 0.6) is 0 Å². The van der Waals surface area contributed by atoms with E-state index < -0.39 is 41.5 Å². The van der Waals surface area contributed by atoms with Crippen molar-refractivity contribution in [2.24, 2.45) is 5.90 Å². The summed E-state index contributed by atoms with van der Waals surface area (Å²) >= 11 is 0. The number of aliphatic carboxylic acids is 1. The van der Waals surface area contributed by atoms with Gasteiger partial charge in [-0.2, -0.15) is 10.1 Å². The summed E-state index contributed by atoms with van der Waals surface area (Å²) in [6.45, 7) is 15.8. The van der Waals surface area contributed by atoms with E-state index in [0.717, 1.165) is 17.5 Å². The number of carbonyl (C=O) groups is 6. The number of amides is 7. The Balaban J connectivity index is 0.000000198.